The molecule has 1 aliphatic carbocycles. The summed E-state index contributed by atoms with van der Waals surface area (Å²) in [5, 5.41) is 20.7. The van der Waals surface area contributed by atoms with Gasteiger partial charge in [0, 0.05) is 17.2 Å². The molecule has 0 bridgehead atoms. The van der Waals surface area contributed by atoms with Crippen LogP contribution in [0.15, 0.2) is 18.2 Å². The van der Waals surface area contributed by atoms with Crippen molar-refractivity contribution in [3.05, 3.63) is 29.3 Å². The highest BCUT2D eigenvalue weighted by Gasteiger charge is 2.69. The number of phenols is 1. The second kappa shape index (κ2) is 4.81. The fourth-order valence-electron chi connectivity index (χ4n) is 3.09. The van der Waals surface area contributed by atoms with Crippen molar-refractivity contribution in [3.8, 4) is 11.5 Å². The van der Waals surface area contributed by atoms with Gasteiger partial charge in [-0.2, -0.15) is 0 Å². The number of methoxy groups -OCH3 is 2. The minimum absolute atomic E-state index is 0.0733. The number of fused-ring (bicyclic) bond motifs is 3. The lowest BCUT2D eigenvalue weighted by Gasteiger charge is -2.40. The molecular weight excluding hydrogens is 320 g/mol. The van der Waals surface area contributed by atoms with Crippen molar-refractivity contribution in [3.63, 3.8) is 0 Å². The lowest BCUT2D eigenvalue weighted by atomic mass is 9.77. The van der Waals surface area contributed by atoms with E-state index in [-0.39, 0.29) is 22.4 Å². The number of aromatic hydroxyl groups is 1. The van der Waals surface area contributed by atoms with Crippen molar-refractivity contribution in [1.82, 2.24) is 0 Å². The van der Waals surface area contributed by atoms with Crippen LogP contribution in [-0.4, -0.2) is 53.4 Å². The Bertz CT molecular complexity index is 824. The van der Waals surface area contributed by atoms with Gasteiger partial charge in [0.15, 0.2) is 5.60 Å². The average molecular weight is 334 g/mol. The SMILES string of the molecule is COC(=O)[C@]1(O)C(=O)C=C2c3cc(OC)cc(O)c3C(=O)O[C@@]21C. The van der Waals surface area contributed by atoms with Crippen LogP contribution in [-0.2, 0) is 19.1 Å². The smallest absolute Gasteiger partial charge is 0.350 e. The van der Waals surface area contributed by atoms with Gasteiger partial charge in [-0.05, 0) is 19.1 Å². The van der Waals surface area contributed by atoms with E-state index in [0.717, 1.165) is 13.2 Å². The maximum atomic E-state index is 12.3. The van der Waals surface area contributed by atoms with Crippen LogP contribution in [0.25, 0.3) is 5.57 Å². The average Bonchev–Trinajstić information content (AvgIpc) is 2.75. The number of hydrogen-bond acceptors (Lipinski definition) is 8. The molecule has 126 valence electrons. The van der Waals surface area contributed by atoms with Gasteiger partial charge in [-0.1, -0.05) is 0 Å². The van der Waals surface area contributed by atoms with E-state index in [9.17, 15) is 24.6 Å². The van der Waals surface area contributed by atoms with E-state index >= 15 is 0 Å². The third kappa shape index (κ3) is 1.68. The highest BCUT2D eigenvalue weighted by molar-refractivity contribution is 6.24. The Morgan fingerprint density at radius 2 is 1.92 bits per heavy atom. The molecule has 0 saturated heterocycles. The van der Waals surface area contributed by atoms with Crippen molar-refractivity contribution in [2.75, 3.05) is 14.2 Å². The summed E-state index contributed by atoms with van der Waals surface area (Å²) in [6, 6.07) is 2.63. The molecule has 0 amide bonds. The predicted molar refractivity (Wildman–Crippen MR) is 78.4 cm³/mol. The van der Waals surface area contributed by atoms with E-state index in [1.54, 1.807) is 0 Å². The topological polar surface area (TPSA) is 119 Å². The van der Waals surface area contributed by atoms with Crippen LogP contribution in [0.1, 0.15) is 22.8 Å². The maximum absolute atomic E-state index is 12.3. The van der Waals surface area contributed by atoms with Crippen molar-refractivity contribution in [2.45, 2.75) is 18.1 Å². The molecule has 0 fully saturated rings. The van der Waals surface area contributed by atoms with Crippen LogP contribution < -0.4 is 4.74 Å². The van der Waals surface area contributed by atoms with E-state index in [1.807, 2.05) is 0 Å². The number of carbonyl (C=O) groups is 3. The number of aliphatic hydroxyl groups is 1. The molecule has 3 rings (SSSR count). The number of rotatable bonds is 2. The van der Waals surface area contributed by atoms with Gasteiger partial charge >= 0.3 is 11.9 Å². The molecule has 1 aromatic rings. The molecule has 0 unspecified atom stereocenters. The minimum Gasteiger partial charge on any atom is -0.507 e. The van der Waals surface area contributed by atoms with Crippen LogP contribution >= 0.6 is 0 Å². The molecular formula is C16H14O8. The Morgan fingerprint density at radius 3 is 2.50 bits per heavy atom. The third-order valence-corrected chi connectivity index (χ3v) is 4.44. The lowest BCUT2D eigenvalue weighted by molar-refractivity contribution is -0.182. The summed E-state index contributed by atoms with van der Waals surface area (Å²) in [6.45, 7) is 1.23. The summed E-state index contributed by atoms with van der Waals surface area (Å²) in [7, 11) is 2.36. The van der Waals surface area contributed by atoms with E-state index in [0.29, 0.717) is 0 Å². The molecule has 1 aliphatic heterocycles. The standard InChI is InChI=1S/C16H14O8/c1-15-9(6-11(18)16(15,21)14(20)23-3)8-4-7(22-2)5-10(17)12(8)13(19)24-15/h4-6,17,21H,1-3H3/t15-,16+/m0/s1. The Morgan fingerprint density at radius 1 is 1.25 bits per heavy atom. The molecule has 2 N–H and O–H groups in total. The van der Waals surface area contributed by atoms with Crippen LogP contribution in [0.2, 0.25) is 0 Å². The Labute approximate surface area is 136 Å². The van der Waals surface area contributed by atoms with Gasteiger partial charge in [0.1, 0.15) is 17.1 Å². The van der Waals surface area contributed by atoms with Gasteiger partial charge < -0.3 is 24.4 Å². The van der Waals surface area contributed by atoms with Gasteiger partial charge in [-0.15, -0.1) is 0 Å². The third-order valence-electron chi connectivity index (χ3n) is 4.44. The second-order valence-corrected chi connectivity index (χ2v) is 5.62. The Hall–Kier alpha value is -2.87. The summed E-state index contributed by atoms with van der Waals surface area (Å²) in [4.78, 5) is 36.7. The fraction of sp³-hybridized carbons (Fsp3) is 0.312. The summed E-state index contributed by atoms with van der Waals surface area (Å²) < 4.78 is 14.8. The highest BCUT2D eigenvalue weighted by atomic mass is 16.6. The molecule has 1 aromatic carbocycles. The van der Waals surface area contributed by atoms with E-state index < -0.39 is 34.7 Å². The van der Waals surface area contributed by atoms with Crippen LogP contribution in [0.3, 0.4) is 0 Å². The summed E-state index contributed by atoms with van der Waals surface area (Å²) in [6.07, 6.45) is 1.00. The maximum Gasteiger partial charge on any atom is 0.350 e. The van der Waals surface area contributed by atoms with Crippen LogP contribution in [0.5, 0.6) is 11.5 Å². The van der Waals surface area contributed by atoms with Crippen LogP contribution in [0, 0.1) is 0 Å². The summed E-state index contributed by atoms with van der Waals surface area (Å²) >= 11 is 0. The van der Waals surface area contributed by atoms with Crippen molar-refractivity contribution >= 4 is 23.3 Å². The number of phenolic OH excluding ortho intramolecular Hbond substituents is 1. The van der Waals surface area contributed by atoms with E-state index in [1.165, 1.54) is 26.2 Å². The number of ketones is 1. The lowest BCUT2D eigenvalue weighted by Crippen LogP contribution is -2.62. The molecule has 2 atom stereocenters. The van der Waals surface area contributed by atoms with Gasteiger partial charge in [0.2, 0.25) is 5.78 Å². The number of esters is 2. The van der Waals surface area contributed by atoms with Gasteiger partial charge in [0.25, 0.3) is 5.60 Å². The van der Waals surface area contributed by atoms with Gasteiger partial charge in [-0.3, -0.25) is 4.79 Å². The first-order valence-electron chi connectivity index (χ1n) is 6.92. The molecule has 2 aliphatic rings. The first-order valence-corrected chi connectivity index (χ1v) is 6.92. The van der Waals surface area contributed by atoms with Crippen molar-refractivity contribution in [1.29, 1.82) is 0 Å². The molecule has 8 heteroatoms. The molecule has 24 heavy (non-hydrogen) atoms. The molecule has 1 heterocycles. The second-order valence-electron chi connectivity index (χ2n) is 5.62. The predicted octanol–water partition coefficient (Wildman–Crippen LogP) is 0.200. The molecule has 0 spiro atoms. The van der Waals surface area contributed by atoms with E-state index in [4.69, 9.17) is 9.47 Å². The minimum atomic E-state index is -2.71. The Kier molecular flexibility index (Phi) is 3.21. The molecule has 0 aromatic heterocycles. The van der Waals surface area contributed by atoms with E-state index in [2.05, 4.69) is 4.74 Å². The zero-order valence-electron chi connectivity index (χ0n) is 13.1. The fourth-order valence-corrected chi connectivity index (χ4v) is 3.09. The van der Waals surface area contributed by atoms with Crippen molar-refractivity contribution in [2.24, 2.45) is 0 Å². The van der Waals surface area contributed by atoms with Gasteiger partial charge in [0.05, 0.1) is 14.2 Å². The monoisotopic (exact) mass is 334 g/mol. The largest absolute Gasteiger partial charge is 0.507 e. The summed E-state index contributed by atoms with van der Waals surface area (Å²) in [5.74, 6) is -3.38. The normalized spacial score (nSPS) is 27.8. The highest BCUT2D eigenvalue weighted by Crippen LogP contribution is 2.51. The summed E-state index contributed by atoms with van der Waals surface area (Å²) in [5.41, 5.74) is -4.66. The number of ether oxygens (including phenoxy) is 3. The Balaban J connectivity index is 2.30. The molecule has 0 saturated carbocycles. The first-order chi connectivity index (χ1) is 11.2. The first kappa shape index (κ1) is 16.0. The zero-order chi connectivity index (χ0) is 17.9. The van der Waals surface area contributed by atoms with Crippen LogP contribution in [0.4, 0.5) is 0 Å². The molecule has 0 radical (unpaired) electrons. The number of benzene rings is 1. The molecule has 8 nitrogen and oxygen atoms in total. The quantitative estimate of drug-likeness (QED) is 0.581. The van der Waals surface area contributed by atoms with Gasteiger partial charge in [-0.25, -0.2) is 9.59 Å². The zero-order valence-corrected chi connectivity index (χ0v) is 13.1. The number of carbonyl (C=O) groups excluding carboxylic acids is 3. The number of hydrogen-bond donors (Lipinski definition) is 2. The van der Waals surface area contributed by atoms with Crippen molar-refractivity contribution < 1.29 is 38.8 Å².